The van der Waals surface area contributed by atoms with Crippen molar-refractivity contribution in [2.45, 2.75) is 6.42 Å². The molecule has 0 radical (unpaired) electrons. The Labute approximate surface area is 90.1 Å². The molecular weight excluding hydrogens is 224 g/mol. The van der Waals surface area contributed by atoms with Crippen LogP contribution in [-0.4, -0.2) is 29.1 Å². The summed E-state index contributed by atoms with van der Waals surface area (Å²) in [5.74, 6) is -0.993. The van der Waals surface area contributed by atoms with Crippen molar-refractivity contribution in [3.05, 3.63) is 10.5 Å². The molecule has 1 aliphatic rings. The first-order valence-electron chi connectivity index (χ1n) is 4.25. The zero-order valence-corrected chi connectivity index (χ0v) is 8.88. The van der Waals surface area contributed by atoms with Gasteiger partial charge in [-0.15, -0.1) is 11.3 Å². The van der Waals surface area contributed by atoms with Gasteiger partial charge in [0.25, 0.3) is 0 Å². The second-order valence-electron chi connectivity index (χ2n) is 3.22. The Morgan fingerprint density at radius 3 is 3.07 bits per heavy atom. The summed E-state index contributed by atoms with van der Waals surface area (Å²) in [6.45, 7) is 1.29. The molecule has 76 valence electrons. The summed E-state index contributed by atoms with van der Waals surface area (Å²) in [5, 5.41) is 11.9. The van der Waals surface area contributed by atoms with Crippen LogP contribution in [-0.2, 0) is 4.79 Å². The van der Waals surface area contributed by atoms with Crippen LogP contribution in [0.3, 0.4) is 0 Å². The Bertz CT molecular complexity index is 355. The highest BCUT2D eigenvalue weighted by molar-refractivity contribution is 7.14. The molecule has 1 atom stereocenters. The highest BCUT2D eigenvalue weighted by Crippen LogP contribution is 2.28. The van der Waals surface area contributed by atoms with E-state index >= 15 is 0 Å². The maximum atomic E-state index is 10.7. The van der Waals surface area contributed by atoms with Gasteiger partial charge in [-0.25, -0.2) is 4.98 Å². The van der Waals surface area contributed by atoms with Crippen LogP contribution in [0.25, 0.3) is 0 Å². The Kier molecular flexibility index (Phi) is 2.60. The molecule has 1 unspecified atom stereocenters. The lowest BCUT2D eigenvalue weighted by molar-refractivity contribution is -0.140. The average molecular weight is 233 g/mol. The first-order valence-corrected chi connectivity index (χ1v) is 5.51. The minimum absolute atomic E-state index is 0.266. The Morgan fingerprint density at radius 1 is 1.79 bits per heavy atom. The number of carbonyl (C=O) groups is 1. The number of anilines is 1. The molecule has 1 fully saturated rings. The lowest BCUT2D eigenvalue weighted by Gasteiger charge is -2.12. The fraction of sp³-hybridized carbons (Fsp3) is 0.500. The lowest BCUT2D eigenvalue weighted by atomic mass is 10.1. The quantitative estimate of drug-likeness (QED) is 0.844. The van der Waals surface area contributed by atoms with Crippen LogP contribution in [0, 0.1) is 5.92 Å². The predicted molar refractivity (Wildman–Crippen MR) is 55.1 cm³/mol. The van der Waals surface area contributed by atoms with Gasteiger partial charge in [0, 0.05) is 18.5 Å². The third kappa shape index (κ3) is 1.83. The van der Waals surface area contributed by atoms with E-state index in [-0.39, 0.29) is 5.92 Å². The molecule has 1 aliphatic heterocycles. The van der Waals surface area contributed by atoms with E-state index in [0.29, 0.717) is 18.1 Å². The fourth-order valence-corrected chi connectivity index (χ4v) is 2.51. The molecule has 0 spiro atoms. The van der Waals surface area contributed by atoms with Crippen molar-refractivity contribution in [3.63, 3.8) is 0 Å². The van der Waals surface area contributed by atoms with E-state index in [0.717, 1.165) is 11.7 Å². The first-order chi connectivity index (χ1) is 6.66. The maximum absolute atomic E-state index is 10.7. The molecular formula is C8H9ClN2O2S. The first kappa shape index (κ1) is 9.73. The highest BCUT2D eigenvalue weighted by atomic mass is 35.5. The molecule has 14 heavy (non-hydrogen) atoms. The van der Waals surface area contributed by atoms with E-state index in [9.17, 15) is 4.79 Å². The summed E-state index contributed by atoms with van der Waals surface area (Å²) in [5.41, 5.74) is 0. The van der Waals surface area contributed by atoms with Crippen LogP contribution in [0.1, 0.15) is 6.42 Å². The molecule has 1 saturated heterocycles. The molecule has 2 heterocycles. The molecule has 0 amide bonds. The lowest BCUT2D eigenvalue weighted by Crippen LogP contribution is -2.22. The van der Waals surface area contributed by atoms with E-state index in [4.69, 9.17) is 16.7 Å². The van der Waals surface area contributed by atoms with Crippen LogP contribution in [0.15, 0.2) is 5.38 Å². The molecule has 1 aromatic rings. The standard InChI is InChI=1S/C8H9ClN2O2S/c9-6-4-14-8(10-6)11-2-1-5(3-11)7(12)13/h4-5H,1-3H2,(H,12,13). The number of aliphatic carboxylic acids is 1. The van der Waals surface area contributed by atoms with Crippen LogP contribution in [0.5, 0.6) is 0 Å². The smallest absolute Gasteiger partial charge is 0.308 e. The summed E-state index contributed by atoms with van der Waals surface area (Å²) in [4.78, 5) is 16.8. The number of carboxylic acid groups (broad SMARTS) is 1. The minimum atomic E-state index is -0.727. The zero-order chi connectivity index (χ0) is 10.1. The SMILES string of the molecule is O=C(O)C1CCN(c2nc(Cl)cs2)C1. The van der Waals surface area contributed by atoms with Crippen LogP contribution < -0.4 is 4.90 Å². The van der Waals surface area contributed by atoms with Crippen molar-refractivity contribution in [2.75, 3.05) is 18.0 Å². The number of aromatic nitrogens is 1. The van der Waals surface area contributed by atoms with E-state index in [1.54, 1.807) is 5.38 Å². The zero-order valence-electron chi connectivity index (χ0n) is 7.31. The number of carboxylic acids is 1. The van der Waals surface area contributed by atoms with Gasteiger partial charge in [-0.2, -0.15) is 0 Å². The topological polar surface area (TPSA) is 53.4 Å². The molecule has 1 aromatic heterocycles. The van der Waals surface area contributed by atoms with Crippen molar-refractivity contribution >= 4 is 34.0 Å². The third-order valence-corrected chi connectivity index (χ3v) is 3.50. The largest absolute Gasteiger partial charge is 0.481 e. The van der Waals surface area contributed by atoms with Gasteiger partial charge in [0.1, 0.15) is 5.15 Å². The van der Waals surface area contributed by atoms with E-state index < -0.39 is 5.97 Å². The summed E-state index contributed by atoms with van der Waals surface area (Å²) in [6, 6.07) is 0. The van der Waals surface area contributed by atoms with Gasteiger partial charge in [-0.05, 0) is 6.42 Å². The number of halogens is 1. The van der Waals surface area contributed by atoms with Crippen LogP contribution in [0.4, 0.5) is 5.13 Å². The van der Waals surface area contributed by atoms with Crippen molar-refractivity contribution in [1.29, 1.82) is 0 Å². The molecule has 0 aromatic carbocycles. The van der Waals surface area contributed by atoms with Crippen molar-refractivity contribution in [1.82, 2.24) is 4.98 Å². The summed E-state index contributed by atoms with van der Waals surface area (Å²) >= 11 is 7.14. The molecule has 0 saturated carbocycles. The van der Waals surface area contributed by atoms with E-state index in [1.165, 1.54) is 11.3 Å². The van der Waals surface area contributed by atoms with Gasteiger partial charge in [0.05, 0.1) is 5.92 Å². The van der Waals surface area contributed by atoms with E-state index in [1.807, 2.05) is 4.90 Å². The number of hydrogen-bond acceptors (Lipinski definition) is 4. The molecule has 4 nitrogen and oxygen atoms in total. The molecule has 0 bridgehead atoms. The molecule has 2 rings (SSSR count). The van der Waals surface area contributed by atoms with Crippen LogP contribution in [0.2, 0.25) is 5.15 Å². The third-order valence-electron chi connectivity index (χ3n) is 2.27. The maximum Gasteiger partial charge on any atom is 0.308 e. The second kappa shape index (κ2) is 3.74. The summed E-state index contributed by atoms with van der Waals surface area (Å²) in [6.07, 6.45) is 0.687. The minimum Gasteiger partial charge on any atom is -0.481 e. The van der Waals surface area contributed by atoms with Gasteiger partial charge >= 0.3 is 5.97 Å². The van der Waals surface area contributed by atoms with Gasteiger partial charge < -0.3 is 10.0 Å². The van der Waals surface area contributed by atoms with Crippen molar-refractivity contribution in [2.24, 2.45) is 5.92 Å². The molecule has 1 N–H and O–H groups in total. The Hall–Kier alpha value is -0.810. The number of thiazole rings is 1. The van der Waals surface area contributed by atoms with Gasteiger partial charge in [0.2, 0.25) is 0 Å². The average Bonchev–Trinajstić information content (AvgIpc) is 2.70. The van der Waals surface area contributed by atoms with Crippen molar-refractivity contribution < 1.29 is 9.90 Å². The molecule has 6 heteroatoms. The normalized spacial score (nSPS) is 21.5. The van der Waals surface area contributed by atoms with Gasteiger partial charge in [-0.3, -0.25) is 4.79 Å². The highest BCUT2D eigenvalue weighted by Gasteiger charge is 2.29. The summed E-state index contributed by atoms with van der Waals surface area (Å²) in [7, 11) is 0. The second-order valence-corrected chi connectivity index (χ2v) is 4.45. The Balaban J connectivity index is 2.05. The van der Waals surface area contributed by atoms with Crippen LogP contribution >= 0.6 is 22.9 Å². The van der Waals surface area contributed by atoms with E-state index in [2.05, 4.69) is 4.98 Å². The molecule has 0 aliphatic carbocycles. The number of rotatable bonds is 2. The number of hydrogen-bond donors (Lipinski definition) is 1. The van der Waals surface area contributed by atoms with Gasteiger partial charge in [-0.1, -0.05) is 11.6 Å². The monoisotopic (exact) mass is 232 g/mol. The number of nitrogens with zero attached hydrogens (tertiary/aromatic N) is 2. The fourth-order valence-electron chi connectivity index (χ4n) is 1.53. The van der Waals surface area contributed by atoms with Gasteiger partial charge in [0.15, 0.2) is 5.13 Å². The van der Waals surface area contributed by atoms with Crippen molar-refractivity contribution in [3.8, 4) is 0 Å². The Morgan fingerprint density at radius 2 is 2.57 bits per heavy atom. The predicted octanol–water partition coefficient (Wildman–Crippen LogP) is 1.71. The summed E-state index contributed by atoms with van der Waals surface area (Å²) < 4.78 is 0.